The molecule has 0 saturated carbocycles. The van der Waals surface area contributed by atoms with Crippen LogP contribution < -0.4 is 0 Å². The number of aromatic nitrogens is 3. The lowest BCUT2D eigenvalue weighted by molar-refractivity contribution is -0.141. The van der Waals surface area contributed by atoms with E-state index in [4.69, 9.17) is 0 Å². The first-order valence-electron chi connectivity index (χ1n) is 5.09. The summed E-state index contributed by atoms with van der Waals surface area (Å²) >= 11 is 0. The summed E-state index contributed by atoms with van der Waals surface area (Å²) in [6, 6.07) is 3.53. The van der Waals surface area contributed by atoms with E-state index in [0.29, 0.717) is 0 Å². The van der Waals surface area contributed by atoms with Crippen LogP contribution in [0.5, 0.6) is 0 Å². The molecule has 100 valence electrons. The zero-order valence-electron chi connectivity index (χ0n) is 9.65. The van der Waals surface area contributed by atoms with Crippen LogP contribution in [0.4, 0.5) is 13.2 Å². The first-order valence-corrected chi connectivity index (χ1v) is 5.09. The molecule has 0 amide bonds. The van der Waals surface area contributed by atoms with E-state index < -0.39 is 17.8 Å². The number of esters is 1. The fourth-order valence-electron chi connectivity index (χ4n) is 1.43. The van der Waals surface area contributed by atoms with Crippen LogP contribution in [0.2, 0.25) is 0 Å². The molecule has 5 nitrogen and oxygen atoms in total. The normalized spacial score (nSPS) is 11.4. The topological polar surface area (TPSA) is 67.9 Å². The van der Waals surface area contributed by atoms with Gasteiger partial charge in [0.15, 0.2) is 0 Å². The number of rotatable bonds is 2. The average Bonchev–Trinajstić information content (AvgIpc) is 2.86. The van der Waals surface area contributed by atoms with Crippen molar-refractivity contribution in [3.63, 3.8) is 0 Å². The monoisotopic (exact) mass is 271 g/mol. The summed E-state index contributed by atoms with van der Waals surface area (Å²) in [4.78, 5) is 14.4. The van der Waals surface area contributed by atoms with Crippen LogP contribution in [-0.4, -0.2) is 28.3 Å². The maximum Gasteiger partial charge on any atom is 0.433 e. The van der Waals surface area contributed by atoms with E-state index in [1.54, 1.807) is 0 Å². The molecule has 0 atom stereocenters. The number of carbonyl (C=O) groups is 1. The van der Waals surface area contributed by atoms with Gasteiger partial charge in [-0.3, -0.25) is 10.1 Å². The molecule has 19 heavy (non-hydrogen) atoms. The number of hydrogen-bond acceptors (Lipinski definition) is 4. The lowest BCUT2D eigenvalue weighted by atomic mass is 10.1. The molecule has 0 aliphatic rings. The second kappa shape index (κ2) is 4.71. The van der Waals surface area contributed by atoms with Gasteiger partial charge in [-0.05, 0) is 18.2 Å². The highest BCUT2D eigenvalue weighted by Crippen LogP contribution is 2.30. The zero-order valence-corrected chi connectivity index (χ0v) is 9.65. The van der Waals surface area contributed by atoms with Gasteiger partial charge in [0.25, 0.3) is 0 Å². The van der Waals surface area contributed by atoms with Crippen molar-refractivity contribution in [2.45, 2.75) is 6.18 Å². The molecule has 0 unspecified atom stereocenters. The molecule has 0 aromatic carbocycles. The van der Waals surface area contributed by atoms with Crippen molar-refractivity contribution in [2.24, 2.45) is 0 Å². The molecule has 8 heteroatoms. The third-order valence-electron chi connectivity index (χ3n) is 2.33. The Hall–Kier alpha value is -2.38. The number of methoxy groups -OCH3 is 1. The average molecular weight is 271 g/mol. The van der Waals surface area contributed by atoms with E-state index in [1.807, 2.05) is 0 Å². The van der Waals surface area contributed by atoms with Gasteiger partial charge in [-0.15, -0.1) is 0 Å². The summed E-state index contributed by atoms with van der Waals surface area (Å²) < 4.78 is 42.0. The van der Waals surface area contributed by atoms with Crippen LogP contribution in [0, 0.1) is 0 Å². The number of carbonyl (C=O) groups excluding carboxylic acids is 1. The Bertz CT molecular complexity index is 607. The van der Waals surface area contributed by atoms with Crippen LogP contribution in [0.25, 0.3) is 11.3 Å². The Labute approximate surface area is 105 Å². The Morgan fingerprint density at radius 3 is 2.74 bits per heavy atom. The summed E-state index contributed by atoms with van der Waals surface area (Å²) in [7, 11) is 1.19. The lowest BCUT2D eigenvalue weighted by Crippen LogP contribution is -2.07. The molecule has 0 spiro atoms. The van der Waals surface area contributed by atoms with Crippen molar-refractivity contribution in [2.75, 3.05) is 7.11 Å². The molecular formula is C11H8F3N3O2. The van der Waals surface area contributed by atoms with Gasteiger partial charge in [-0.2, -0.15) is 18.3 Å². The van der Waals surface area contributed by atoms with Gasteiger partial charge >= 0.3 is 12.1 Å². The number of nitrogens with zero attached hydrogens (tertiary/aromatic N) is 2. The Kier molecular flexibility index (Phi) is 3.24. The van der Waals surface area contributed by atoms with Gasteiger partial charge in [0.05, 0.1) is 12.8 Å². The van der Waals surface area contributed by atoms with E-state index in [0.717, 1.165) is 12.3 Å². The van der Waals surface area contributed by atoms with Crippen molar-refractivity contribution in [3.05, 3.63) is 35.8 Å². The molecule has 0 radical (unpaired) electrons. The fourth-order valence-corrected chi connectivity index (χ4v) is 1.43. The molecule has 2 rings (SSSR count). The minimum Gasteiger partial charge on any atom is -0.464 e. The maximum atomic E-state index is 12.5. The van der Waals surface area contributed by atoms with E-state index >= 15 is 0 Å². The van der Waals surface area contributed by atoms with Crippen molar-refractivity contribution in [1.29, 1.82) is 0 Å². The molecule has 2 aromatic rings. The van der Waals surface area contributed by atoms with E-state index in [1.165, 1.54) is 19.2 Å². The Morgan fingerprint density at radius 2 is 2.11 bits per heavy atom. The van der Waals surface area contributed by atoms with Gasteiger partial charge in [-0.25, -0.2) is 4.79 Å². The lowest BCUT2D eigenvalue weighted by Gasteiger charge is -2.05. The molecule has 0 aliphatic heterocycles. The maximum absolute atomic E-state index is 12.5. The standard InChI is InChI=1S/C11H8F3N3O2/c1-19-10(18)8-5-7(16-17-8)6-2-3-15-9(4-6)11(12,13)14/h2-5H,1H3,(H,16,17). The van der Waals surface area contributed by atoms with Crippen molar-refractivity contribution in [1.82, 2.24) is 15.2 Å². The summed E-state index contributed by atoms with van der Waals surface area (Å²) in [5.41, 5.74) is -0.558. The Morgan fingerprint density at radius 1 is 1.37 bits per heavy atom. The smallest absolute Gasteiger partial charge is 0.433 e. The molecule has 2 heterocycles. The van der Waals surface area contributed by atoms with Gasteiger partial charge < -0.3 is 4.74 Å². The van der Waals surface area contributed by atoms with E-state index in [2.05, 4.69) is 19.9 Å². The first kappa shape index (κ1) is 13.1. The molecular weight excluding hydrogens is 263 g/mol. The number of aromatic amines is 1. The van der Waals surface area contributed by atoms with Gasteiger partial charge in [0.2, 0.25) is 0 Å². The minimum atomic E-state index is -4.53. The third kappa shape index (κ3) is 2.72. The summed E-state index contributed by atoms with van der Waals surface area (Å²) in [6.07, 6.45) is -3.50. The van der Waals surface area contributed by atoms with Crippen LogP contribution >= 0.6 is 0 Å². The van der Waals surface area contributed by atoms with Crippen molar-refractivity contribution in [3.8, 4) is 11.3 Å². The predicted molar refractivity (Wildman–Crippen MR) is 58.2 cm³/mol. The number of nitrogens with one attached hydrogen (secondary N) is 1. The predicted octanol–water partition coefficient (Wildman–Crippen LogP) is 2.28. The molecule has 0 saturated heterocycles. The number of alkyl halides is 3. The summed E-state index contributed by atoms with van der Waals surface area (Å²) in [5.74, 6) is -0.649. The highest BCUT2D eigenvalue weighted by molar-refractivity contribution is 5.88. The number of halogens is 3. The van der Waals surface area contributed by atoms with Gasteiger partial charge in [0.1, 0.15) is 11.4 Å². The van der Waals surface area contributed by atoms with Gasteiger partial charge in [-0.1, -0.05) is 0 Å². The number of hydrogen-bond donors (Lipinski definition) is 1. The van der Waals surface area contributed by atoms with Crippen molar-refractivity contribution >= 4 is 5.97 Å². The quantitative estimate of drug-likeness (QED) is 0.851. The van der Waals surface area contributed by atoms with E-state index in [9.17, 15) is 18.0 Å². The molecule has 2 aromatic heterocycles. The van der Waals surface area contributed by atoms with Crippen LogP contribution in [0.1, 0.15) is 16.2 Å². The molecule has 1 N–H and O–H groups in total. The largest absolute Gasteiger partial charge is 0.464 e. The van der Waals surface area contributed by atoms with E-state index in [-0.39, 0.29) is 17.0 Å². The molecule has 0 fully saturated rings. The Balaban J connectivity index is 2.37. The second-order valence-corrected chi connectivity index (χ2v) is 3.59. The van der Waals surface area contributed by atoms with Crippen LogP contribution in [0.3, 0.4) is 0 Å². The fraction of sp³-hybridized carbons (Fsp3) is 0.182. The van der Waals surface area contributed by atoms with Gasteiger partial charge in [0, 0.05) is 11.8 Å². The number of pyridine rings is 1. The first-order chi connectivity index (χ1) is 8.91. The van der Waals surface area contributed by atoms with Crippen LogP contribution in [0.15, 0.2) is 24.4 Å². The highest BCUT2D eigenvalue weighted by Gasteiger charge is 2.32. The SMILES string of the molecule is COC(=O)c1cc(-c2ccnc(C(F)(F)F)c2)n[nH]1. The second-order valence-electron chi connectivity index (χ2n) is 3.59. The third-order valence-corrected chi connectivity index (χ3v) is 2.33. The summed E-state index contributed by atoms with van der Waals surface area (Å²) in [6.45, 7) is 0. The van der Waals surface area contributed by atoms with Crippen LogP contribution in [-0.2, 0) is 10.9 Å². The van der Waals surface area contributed by atoms with Crippen molar-refractivity contribution < 1.29 is 22.7 Å². The number of ether oxygens (including phenoxy) is 1. The number of H-pyrrole nitrogens is 1. The highest BCUT2D eigenvalue weighted by atomic mass is 19.4. The summed E-state index contributed by atoms with van der Waals surface area (Å²) in [5, 5.41) is 6.14. The molecule has 0 bridgehead atoms. The zero-order chi connectivity index (χ0) is 14.0. The minimum absolute atomic E-state index is 0.0582. The molecule has 0 aliphatic carbocycles.